The zero-order valence-corrected chi connectivity index (χ0v) is 6.07. The first-order chi connectivity index (χ1) is 5.45. The highest BCUT2D eigenvalue weighted by Gasteiger charge is 2.42. The third-order valence-corrected chi connectivity index (χ3v) is 2.41. The molecule has 1 unspecified atom stereocenters. The minimum absolute atomic E-state index is 0.518. The number of azo groups is 1. The van der Waals surface area contributed by atoms with Gasteiger partial charge in [0, 0.05) is 5.92 Å². The highest BCUT2D eigenvalue weighted by Crippen LogP contribution is 2.50. The maximum absolute atomic E-state index is 4.17. The van der Waals surface area contributed by atoms with Crippen LogP contribution in [0.1, 0.15) is 17.9 Å². The quantitative estimate of drug-likeness (QED) is 0.534. The van der Waals surface area contributed by atoms with Gasteiger partial charge in [-0.2, -0.15) is 10.2 Å². The van der Waals surface area contributed by atoms with Crippen LogP contribution in [0.15, 0.2) is 34.5 Å². The Morgan fingerprint density at radius 1 is 1.27 bits per heavy atom. The van der Waals surface area contributed by atoms with E-state index in [1.807, 2.05) is 12.1 Å². The number of nitrogens with zero attached hydrogens (tertiary/aromatic N) is 2. The van der Waals surface area contributed by atoms with Crippen molar-refractivity contribution >= 4 is 5.69 Å². The Hall–Kier alpha value is -1.18. The molecule has 0 amide bonds. The van der Waals surface area contributed by atoms with Gasteiger partial charge in [-0.05, 0) is 18.1 Å². The van der Waals surface area contributed by atoms with Crippen LogP contribution in [-0.2, 0) is 0 Å². The molecule has 0 saturated heterocycles. The van der Waals surface area contributed by atoms with E-state index in [-0.39, 0.29) is 0 Å². The van der Waals surface area contributed by atoms with Gasteiger partial charge >= 0.3 is 0 Å². The number of fused-ring (bicyclic) bond motifs is 3. The molecule has 3 rings (SSSR count). The van der Waals surface area contributed by atoms with Crippen molar-refractivity contribution < 1.29 is 0 Å². The van der Waals surface area contributed by atoms with Crippen molar-refractivity contribution in [1.82, 2.24) is 0 Å². The van der Waals surface area contributed by atoms with Crippen LogP contribution in [0.4, 0.5) is 5.69 Å². The van der Waals surface area contributed by atoms with Gasteiger partial charge in [0.05, 0.1) is 11.7 Å². The summed E-state index contributed by atoms with van der Waals surface area (Å²) in [5.41, 5.74) is 2.47. The largest absolute Gasteiger partial charge is 0.185 e. The molecule has 54 valence electrons. The summed E-state index contributed by atoms with van der Waals surface area (Å²) in [6, 6.07) is 8.81. The lowest BCUT2D eigenvalue weighted by molar-refractivity contribution is 0.874. The van der Waals surface area contributed by atoms with E-state index in [9.17, 15) is 0 Å². The first-order valence-corrected chi connectivity index (χ1v) is 3.95. The van der Waals surface area contributed by atoms with Gasteiger partial charge in [-0.15, -0.1) is 0 Å². The molecular formula is C9H8N2. The lowest BCUT2D eigenvalue weighted by Gasteiger charge is -2.05. The number of benzene rings is 1. The molecule has 11 heavy (non-hydrogen) atoms. The van der Waals surface area contributed by atoms with Gasteiger partial charge in [-0.3, -0.25) is 0 Å². The molecular weight excluding hydrogens is 136 g/mol. The molecule has 1 heterocycles. The van der Waals surface area contributed by atoms with Gasteiger partial charge in [0.1, 0.15) is 0 Å². The fourth-order valence-corrected chi connectivity index (χ4v) is 1.67. The van der Waals surface area contributed by atoms with Crippen LogP contribution < -0.4 is 0 Å². The topological polar surface area (TPSA) is 24.7 Å². The Labute approximate surface area is 65.0 Å². The Kier molecular flexibility index (Phi) is 0.844. The molecule has 1 aliphatic carbocycles. The summed E-state index contributed by atoms with van der Waals surface area (Å²) in [6.07, 6.45) is 1.21. The summed E-state index contributed by atoms with van der Waals surface area (Å²) >= 11 is 0. The van der Waals surface area contributed by atoms with Crippen molar-refractivity contribution in [2.24, 2.45) is 10.2 Å². The Morgan fingerprint density at radius 3 is 3.18 bits per heavy atom. The minimum Gasteiger partial charge on any atom is -0.185 e. The van der Waals surface area contributed by atoms with E-state index >= 15 is 0 Å². The Balaban J connectivity index is 2.24. The van der Waals surface area contributed by atoms with E-state index in [0.29, 0.717) is 12.0 Å². The Bertz CT molecular complexity index is 330. The number of hydrogen-bond donors (Lipinski definition) is 0. The predicted octanol–water partition coefficient (Wildman–Crippen LogP) is 2.64. The van der Waals surface area contributed by atoms with Crippen molar-refractivity contribution in [2.45, 2.75) is 18.4 Å². The van der Waals surface area contributed by atoms with Gasteiger partial charge in [0.15, 0.2) is 0 Å². The highest BCUT2D eigenvalue weighted by atomic mass is 15.2. The second-order valence-corrected chi connectivity index (χ2v) is 3.18. The first kappa shape index (κ1) is 5.47. The van der Waals surface area contributed by atoms with Gasteiger partial charge < -0.3 is 0 Å². The molecule has 0 spiro atoms. The standard InChI is InChI=1S/C9H8N2/c1-2-4-8-6(3-1)7-5-9(7)11-10-8/h1-4,7,9H,5H2/t7?,9-/m0/s1. The molecule has 1 aromatic carbocycles. The van der Waals surface area contributed by atoms with Crippen molar-refractivity contribution in [3.63, 3.8) is 0 Å². The summed E-state index contributed by atoms with van der Waals surface area (Å²) in [5, 5.41) is 8.31. The van der Waals surface area contributed by atoms with Crippen LogP contribution in [0.25, 0.3) is 0 Å². The van der Waals surface area contributed by atoms with E-state index in [2.05, 4.69) is 22.4 Å². The minimum atomic E-state index is 0.518. The molecule has 2 atom stereocenters. The van der Waals surface area contributed by atoms with E-state index in [4.69, 9.17) is 0 Å². The van der Waals surface area contributed by atoms with Crippen LogP contribution in [0.5, 0.6) is 0 Å². The smallest absolute Gasteiger partial charge is 0.0888 e. The van der Waals surface area contributed by atoms with E-state index in [1.165, 1.54) is 12.0 Å². The van der Waals surface area contributed by atoms with Gasteiger partial charge in [0.2, 0.25) is 0 Å². The summed E-state index contributed by atoms with van der Waals surface area (Å²) in [4.78, 5) is 0. The zero-order chi connectivity index (χ0) is 7.26. The summed E-state index contributed by atoms with van der Waals surface area (Å²) < 4.78 is 0. The molecule has 2 aliphatic rings. The number of rotatable bonds is 0. The van der Waals surface area contributed by atoms with Gasteiger partial charge in [-0.1, -0.05) is 18.2 Å². The van der Waals surface area contributed by atoms with Crippen molar-refractivity contribution in [1.29, 1.82) is 0 Å². The van der Waals surface area contributed by atoms with Gasteiger partial charge in [0.25, 0.3) is 0 Å². The third-order valence-electron chi connectivity index (χ3n) is 2.41. The monoisotopic (exact) mass is 144 g/mol. The normalized spacial score (nSPS) is 30.9. The average molecular weight is 144 g/mol. The summed E-state index contributed by atoms with van der Waals surface area (Å²) in [6.45, 7) is 0. The van der Waals surface area contributed by atoms with Crippen LogP contribution in [0, 0.1) is 0 Å². The van der Waals surface area contributed by atoms with E-state index in [1.54, 1.807) is 0 Å². The first-order valence-electron chi connectivity index (χ1n) is 3.95. The predicted molar refractivity (Wildman–Crippen MR) is 42.1 cm³/mol. The van der Waals surface area contributed by atoms with Crippen LogP contribution >= 0.6 is 0 Å². The zero-order valence-electron chi connectivity index (χ0n) is 6.07. The SMILES string of the molecule is c1ccc2c(c1)N=N[C@H]1CC21. The number of hydrogen-bond acceptors (Lipinski definition) is 2. The van der Waals surface area contributed by atoms with Crippen molar-refractivity contribution in [3.8, 4) is 0 Å². The van der Waals surface area contributed by atoms with Crippen LogP contribution in [-0.4, -0.2) is 6.04 Å². The van der Waals surface area contributed by atoms with Crippen molar-refractivity contribution in [3.05, 3.63) is 29.8 Å². The maximum atomic E-state index is 4.17. The van der Waals surface area contributed by atoms with Crippen LogP contribution in [0.3, 0.4) is 0 Å². The molecule has 1 aromatic rings. The van der Waals surface area contributed by atoms with Gasteiger partial charge in [-0.25, -0.2) is 0 Å². The molecule has 1 fully saturated rings. The third kappa shape index (κ3) is 0.666. The van der Waals surface area contributed by atoms with Crippen molar-refractivity contribution in [2.75, 3.05) is 0 Å². The molecule has 2 heteroatoms. The molecule has 2 nitrogen and oxygen atoms in total. The maximum Gasteiger partial charge on any atom is 0.0888 e. The fraction of sp³-hybridized carbons (Fsp3) is 0.333. The second kappa shape index (κ2) is 1.70. The fourth-order valence-electron chi connectivity index (χ4n) is 1.67. The Morgan fingerprint density at radius 2 is 2.18 bits per heavy atom. The van der Waals surface area contributed by atoms with E-state index in [0.717, 1.165) is 5.69 Å². The molecule has 0 radical (unpaired) electrons. The summed E-state index contributed by atoms with van der Waals surface area (Å²) in [5.74, 6) is 0.698. The average Bonchev–Trinajstić information content (AvgIpc) is 2.83. The molecule has 0 bridgehead atoms. The molecule has 0 N–H and O–H groups in total. The molecule has 1 aliphatic heterocycles. The summed E-state index contributed by atoms with van der Waals surface area (Å²) in [7, 11) is 0. The second-order valence-electron chi connectivity index (χ2n) is 3.18. The lowest BCUT2D eigenvalue weighted by atomic mass is 10.1. The lowest BCUT2D eigenvalue weighted by Crippen LogP contribution is -1.89. The van der Waals surface area contributed by atoms with Crippen LogP contribution in [0.2, 0.25) is 0 Å². The molecule has 0 aromatic heterocycles. The highest BCUT2D eigenvalue weighted by molar-refractivity contribution is 5.51. The molecule has 1 saturated carbocycles. The van der Waals surface area contributed by atoms with E-state index < -0.39 is 0 Å².